The van der Waals surface area contributed by atoms with Gasteiger partial charge in [0, 0.05) is 29.8 Å². The van der Waals surface area contributed by atoms with E-state index in [0.29, 0.717) is 12.6 Å². The van der Waals surface area contributed by atoms with Gasteiger partial charge in [0.1, 0.15) is 0 Å². The van der Waals surface area contributed by atoms with E-state index in [4.69, 9.17) is 17.3 Å². The number of nitrogens with zero attached hydrogens (tertiary/aromatic N) is 1. The van der Waals surface area contributed by atoms with Crippen molar-refractivity contribution in [2.75, 3.05) is 18.9 Å². The Labute approximate surface area is 115 Å². The predicted molar refractivity (Wildman–Crippen MR) is 77.7 cm³/mol. The van der Waals surface area contributed by atoms with Gasteiger partial charge in [-0.15, -0.1) is 0 Å². The maximum Gasteiger partial charge on any atom is 0.0558 e. The van der Waals surface area contributed by atoms with Gasteiger partial charge < -0.3 is 10.8 Å². The van der Waals surface area contributed by atoms with Crippen LogP contribution in [0.25, 0.3) is 0 Å². The lowest BCUT2D eigenvalue weighted by atomic mass is 10.1. The van der Waals surface area contributed by atoms with Gasteiger partial charge >= 0.3 is 0 Å². The highest BCUT2D eigenvalue weighted by atomic mass is 35.5. The topological polar surface area (TPSA) is 49.5 Å². The number of anilines is 1. The number of aliphatic hydroxyl groups excluding tert-OH is 1. The summed E-state index contributed by atoms with van der Waals surface area (Å²) < 4.78 is 0. The fraction of sp³-hybridized carbons (Fsp3) is 0.571. The Bertz CT molecular complexity index is 367. The zero-order valence-electron chi connectivity index (χ0n) is 11.2. The van der Waals surface area contributed by atoms with E-state index in [1.807, 2.05) is 12.1 Å². The molecule has 102 valence electrons. The molecule has 0 aromatic heterocycles. The van der Waals surface area contributed by atoms with Crippen LogP contribution in [-0.4, -0.2) is 29.2 Å². The van der Waals surface area contributed by atoms with E-state index in [2.05, 4.69) is 18.7 Å². The minimum Gasteiger partial charge on any atom is -0.399 e. The van der Waals surface area contributed by atoms with Gasteiger partial charge in [0.15, 0.2) is 0 Å². The van der Waals surface area contributed by atoms with Gasteiger partial charge in [-0.3, -0.25) is 4.90 Å². The van der Waals surface area contributed by atoms with E-state index in [1.54, 1.807) is 6.07 Å². The van der Waals surface area contributed by atoms with Gasteiger partial charge in [0.2, 0.25) is 0 Å². The van der Waals surface area contributed by atoms with Crippen LogP contribution >= 0.6 is 11.6 Å². The average Bonchev–Trinajstić information content (AvgIpc) is 2.35. The first-order valence-electron chi connectivity index (χ1n) is 6.51. The molecule has 1 aromatic carbocycles. The number of nitrogen functional groups attached to an aromatic ring is 1. The van der Waals surface area contributed by atoms with E-state index in [9.17, 15) is 5.11 Å². The number of rotatable bonds is 7. The average molecular weight is 271 g/mol. The quantitative estimate of drug-likeness (QED) is 0.749. The lowest BCUT2D eigenvalue weighted by molar-refractivity contribution is 0.136. The summed E-state index contributed by atoms with van der Waals surface area (Å²) in [6, 6.07) is 6.01. The van der Waals surface area contributed by atoms with Crippen LogP contribution < -0.4 is 5.73 Å². The number of benzene rings is 1. The highest BCUT2D eigenvalue weighted by molar-refractivity contribution is 6.31. The summed E-state index contributed by atoms with van der Waals surface area (Å²) in [6.45, 7) is 5.89. The van der Waals surface area contributed by atoms with Crippen molar-refractivity contribution in [2.45, 2.75) is 39.3 Å². The lowest BCUT2D eigenvalue weighted by Gasteiger charge is -2.30. The molecule has 4 heteroatoms. The molecule has 0 unspecified atom stereocenters. The van der Waals surface area contributed by atoms with Crippen molar-refractivity contribution in [3.8, 4) is 0 Å². The van der Waals surface area contributed by atoms with Crippen LogP contribution in [0.2, 0.25) is 5.02 Å². The van der Waals surface area contributed by atoms with Gasteiger partial charge in [0.05, 0.1) is 6.61 Å². The van der Waals surface area contributed by atoms with Crippen molar-refractivity contribution in [1.82, 2.24) is 4.90 Å². The van der Waals surface area contributed by atoms with Crippen LogP contribution in [0.15, 0.2) is 18.2 Å². The molecule has 0 saturated carbocycles. The summed E-state index contributed by atoms with van der Waals surface area (Å²) in [5, 5.41) is 9.91. The summed E-state index contributed by atoms with van der Waals surface area (Å²) in [6.07, 6.45) is 2.13. The molecule has 0 amide bonds. The maximum atomic E-state index is 9.18. The van der Waals surface area contributed by atoms with Gasteiger partial charge in [-0.25, -0.2) is 0 Å². The minimum atomic E-state index is 0.163. The number of hydrogen-bond acceptors (Lipinski definition) is 3. The van der Waals surface area contributed by atoms with Crippen molar-refractivity contribution in [3.05, 3.63) is 28.8 Å². The lowest BCUT2D eigenvalue weighted by Crippen LogP contribution is -2.36. The predicted octanol–water partition coefficient (Wildman–Crippen LogP) is 2.91. The standard InChI is InChI=1S/C14H23ClN2O/c1-3-13(4-2)17(7-8-18)10-11-9-12(16)5-6-14(11)15/h5-6,9,13,18H,3-4,7-8,10,16H2,1-2H3. The highest BCUT2D eigenvalue weighted by Crippen LogP contribution is 2.22. The van der Waals surface area contributed by atoms with Crippen LogP contribution in [-0.2, 0) is 6.54 Å². The second kappa shape index (κ2) is 7.62. The molecule has 0 radical (unpaired) electrons. The molecule has 0 aliphatic heterocycles. The molecular formula is C14H23ClN2O. The summed E-state index contributed by atoms with van der Waals surface area (Å²) in [4.78, 5) is 2.26. The van der Waals surface area contributed by atoms with Crippen molar-refractivity contribution >= 4 is 17.3 Å². The second-order valence-electron chi connectivity index (χ2n) is 4.52. The molecule has 0 heterocycles. The molecule has 3 N–H and O–H groups in total. The molecule has 1 aromatic rings. The first-order valence-corrected chi connectivity index (χ1v) is 6.88. The SMILES string of the molecule is CCC(CC)N(CCO)Cc1cc(N)ccc1Cl. The minimum absolute atomic E-state index is 0.163. The first-order chi connectivity index (χ1) is 8.62. The molecule has 0 spiro atoms. The van der Waals surface area contributed by atoms with Crippen molar-refractivity contribution in [1.29, 1.82) is 0 Å². The normalized spacial score (nSPS) is 11.4. The Hall–Kier alpha value is -0.770. The third-order valence-electron chi connectivity index (χ3n) is 3.29. The number of halogens is 1. The van der Waals surface area contributed by atoms with E-state index >= 15 is 0 Å². The zero-order valence-corrected chi connectivity index (χ0v) is 12.0. The molecular weight excluding hydrogens is 248 g/mol. The van der Waals surface area contributed by atoms with Gasteiger partial charge in [-0.05, 0) is 36.6 Å². The van der Waals surface area contributed by atoms with Crippen LogP contribution in [0.4, 0.5) is 5.69 Å². The van der Waals surface area contributed by atoms with Crippen LogP contribution in [0, 0.1) is 0 Å². The largest absolute Gasteiger partial charge is 0.399 e. The molecule has 0 aliphatic carbocycles. The number of aliphatic hydroxyl groups is 1. The fourth-order valence-corrected chi connectivity index (χ4v) is 2.44. The van der Waals surface area contributed by atoms with Crippen molar-refractivity contribution in [3.63, 3.8) is 0 Å². The molecule has 3 nitrogen and oxygen atoms in total. The Morgan fingerprint density at radius 1 is 1.33 bits per heavy atom. The second-order valence-corrected chi connectivity index (χ2v) is 4.92. The molecule has 1 rings (SSSR count). The Morgan fingerprint density at radius 2 is 2.00 bits per heavy atom. The highest BCUT2D eigenvalue weighted by Gasteiger charge is 2.16. The summed E-state index contributed by atoms with van der Waals surface area (Å²) in [5.74, 6) is 0. The van der Waals surface area contributed by atoms with E-state index < -0.39 is 0 Å². The van der Waals surface area contributed by atoms with Gasteiger partial charge in [-0.1, -0.05) is 25.4 Å². The van der Waals surface area contributed by atoms with Crippen molar-refractivity contribution < 1.29 is 5.11 Å². The van der Waals surface area contributed by atoms with E-state index in [1.165, 1.54) is 0 Å². The van der Waals surface area contributed by atoms with E-state index in [-0.39, 0.29) is 6.61 Å². The van der Waals surface area contributed by atoms with Gasteiger partial charge in [0.25, 0.3) is 0 Å². The summed E-state index contributed by atoms with van der Waals surface area (Å²) in [5.41, 5.74) is 7.54. The molecule has 0 saturated heterocycles. The molecule has 18 heavy (non-hydrogen) atoms. The maximum absolute atomic E-state index is 9.18. The zero-order chi connectivity index (χ0) is 13.5. The van der Waals surface area contributed by atoms with Crippen LogP contribution in [0.5, 0.6) is 0 Å². The first kappa shape index (κ1) is 15.3. The Morgan fingerprint density at radius 3 is 2.56 bits per heavy atom. The Kier molecular flexibility index (Phi) is 6.47. The van der Waals surface area contributed by atoms with Crippen molar-refractivity contribution in [2.24, 2.45) is 0 Å². The third kappa shape index (κ3) is 4.16. The summed E-state index contributed by atoms with van der Waals surface area (Å²) in [7, 11) is 0. The number of nitrogens with two attached hydrogens (primary N) is 1. The van der Waals surface area contributed by atoms with E-state index in [0.717, 1.165) is 35.7 Å². The molecule has 0 atom stereocenters. The molecule has 0 fully saturated rings. The monoisotopic (exact) mass is 270 g/mol. The third-order valence-corrected chi connectivity index (χ3v) is 3.66. The number of hydrogen-bond donors (Lipinski definition) is 2. The smallest absolute Gasteiger partial charge is 0.0558 e. The van der Waals surface area contributed by atoms with Crippen LogP contribution in [0.3, 0.4) is 0 Å². The summed E-state index contributed by atoms with van der Waals surface area (Å²) >= 11 is 6.19. The van der Waals surface area contributed by atoms with Crippen LogP contribution in [0.1, 0.15) is 32.3 Å². The Balaban J connectivity index is 2.85. The van der Waals surface area contributed by atoms with Gasteiger partial charge in [-0.2, -0.15) is 0 Å². The molecule has 0 aliphatic rings. The fourth-order valence-electron chi connectivity index (χ4n) is 2.26. The molecule has 0 bridgehead atoms.